The van der Waals surface area contributed by atoms with Crippen LogP contribution in [0.15, 0.2) is 22.7 Å². The molecular weight excluding hydrogens is 314 g/mol. The fraction of sp³-hybridized carbons (Fsp3) is 0.647. The van der Waals surface area contributed by atoms with E-state index in [0.717, 1.165) is 47.7 Å². The third-order valence-electron chi connectivity index (χ3n) is 4.93. The van der Waals surface area contributed by atoms with Crippen molar-refractivity contribution in [3.63, 3.8) is 0 Å². The van der Waals surface area contributed by atoms with Gasteiger partial charge in [0.15, 0.2) is 0 Å². The topological polar surface area (TPSA) is 21.3 Å². The first-order chi connectivity index (χ1) is 9.76. The van der Waals surface area contributed by atoms with Crippen LogP contribution in [0, 0.1) is 17.8 Å². The lowest BCUT2D eigenvalue weighted by Gasteiger charge is -2.22. The van der Waals surface area contributed by atoms with Gasteiger partial charge in [-0.1, -0.05) is 29.3 Å². The predicted molar refractivity (Wildman–Crippen MR) is 86.0 cm³/mol. The number of benzene rings is 1. The number of rotatable bonds is 6. The molecule has 0 spiro atoms. The van der Waals surface area contributed by atoms with Gasteiger partial charge >= 0.3 is 0 Å². The van der Waals surface area contributed by atoms with Crippen LogP contribution in [0.25, 0.3) is 0 Å². The van der Waals surface area contributed by atoms with E-state index in [4.69, 9.17) is 4.74 Å². The molecule has 2 aliphatic carbocycles. The van der Waals surface area contributed by atoms with E-state index < -0.39 is 0 Å². The van der Waals surface area contributed by atoms with Crippen molar-refractivity contribution in [2.24, 2.45) is 17.8 Å². The smallest absolute Gasteiger partial charge is 0.123 e. The Balaban J connectivity index is 1.61. The molecule has 0 aliphatic heterocycles. The van der Waals surface area contributed by atoms with Crippen molar-refractivity contribution in [1.29, 1.82) is 0 Å². The maximum atomic E-state index is 6.16. The molecule has 0 amide bonds. The summed E-state index contributed by atoms with van der Waals surface area (Å²) in [5.74, 6) is 3.79. The highest BCUT2D eigenvalue weighted by molar-refractivity contribution is 9.10. The van der Waals surface area contributed by atoms with E-state index in [1.807, 2.05) is 0 Å². The summed E-state index contributed by atoms with van der Waals surface area (Å²) in [7, 11) is 0. The van der Waals surface area contributed by atoms with Gasteiger partial charge in [0, 0.05) is 16.6 Å². The van der Waals surface area contributed by atoms with E-state index in [1.165, 1.54) is 31.2 Å². The summed E-state index contributed by atoms with van der Waals surface area (Å²) in [5.41, 5.74) is 1.25. The Hall–Kier alpha value is -0.540. The molecule has 2 bridgehead atoms. The zero-order chi connectivity index (χ0) is 13.9. The lowest BCUT2D eigenvalue weighted by molar-refractivity contribution is 0.194. The molecule has 0 heterocycles. The molecule has 2 aliphatic rings. The van der Waals surface area contributed by atoms with Crippen molar-refractivity contribution in [1.82, 2.24) is 5.32 Å². The van der Waals surface area contributed by atoms with Crippen LogP contribution in [0.2, 0.25) is 0 Å². The fourth-order valence-electron chi connectivity index (χ4n) is 3.86. The molecule has 3 unspecified atom stereocenters. The van der Waals surface area contributed by atoms with Gasteiger partial charge in [0.2, 0.25) is 0 Å². The molecule has 0 saturated heterocycles. The lowest BCUT2D eigenvalue weighted by atomic mass is 9.89. The second kappa shape index (κ2) is 6.48. The maximum absolute atomic E-state index is 6.16. The standard InChI is InChI=1S/C17H24BrNO/c1-2-19-10-14-9-16(18)5-6-17(14)20-11-15-8-12-3-4-13(15)7-12/h5-6,9,12-13,15,19H,2-4,7-8,10-11H2,1H3. The first-order valence-corrected chi connectivity index (χ1v) is 8.67. The van der Waals surface area contributed by atoms with Gasteiger partial charge in [0.05, 0.1) is 6.61 Å². The molecule has 1 N–H and O–H groups in total. The molecule has 0 radical (unpaired) electrons. The minimum absolute atomic E-state index is 0.796. The summed E-state index contributed by atoms with van der Waals surface area (Å²) in [6, 6.07) is 6.34. The summed E-state index contributed by atoms with van der Waals surface area (Å²) in [6.45, 7) is 4.90. The summed E-state index contributed by atoms with van der Waals surface area (Å²) in [5, 5.41) is 3.39. The van der Waals surface area contributed by atoms with Crippen molar-refractivity contribution in [3.8, 4) is 5.75 Å². The molecule has 2 saturated carbocycles. The predicted octanol–water partition coefficient (Wildman–Crippen LogP) is 4.37. The van der Waals surface area contributed by atoms with Crippen LogP contribution in [0.1, 0.15) is 38.2 Å². The average Bonchev–Trinajstić information content (AvgIpc) is 3.06. The molecule has 1 aromatic carbocycles. The molecule has 3 heteroatoms. The van der Waals surface area contributed by atoms with Crippen molar-refractivity contribution >= 4 is 15.9 Å². The van der Waals surface area contributed by atoms with E-state index in [2.05, 4.69) is 46.4 Å². The number of ether oxygens (including phenoxy) is 1. The van der Waals surface area contributed by atoms with Crippen molar-refractivity contribution in [3.05, 3.63) is 28.2 Å². The second-order valence-corrected chi connectivity index (χ2v) is 7.19. The van der Waals surface area contributed by atoms with Gasteiger partial charge in [0.25, 0.3) is 0 Å². The Morgan fingerprint density at radius 3 is 2.90 bits per heavy atom. The zero-order valence-corrected chi connectivity index (χ0v) is 13.8. The van der Waals surface area contributed by atoms with Crippen LogP contribution < -0.4 is 10.1 Å². The lowest BCUT2D eigenvalue weighted by Crippen LogP contribution is -2.19. The Morgan fingerprint density at radius 2 is 2.20 bits per heavy atom. The molecule has 1 aromatic rings. The van der Waals surface area contributed by atoms with Crippen LogP contribution in [-0.4, -0.2) is 13.2 Å². The summed E-state index contributed by atoms with van der Waals surface area (Å²) >= 11 is 3.55. The molecule has 2 nitrogen and oxygen atoms in total. The number of hydrogen-bond acceptors (Lipinski definition) is 2. The highest BCUT2D eigenvalue weighted by Crippen LogP contribution is 2.48. The molecule has 20 heavy (non-hydrogen) atoms. The summed E-state index contributed by atoms with van der Waals surface area (Å²) in [4.78, 5) is 0. The Bertz CT molecular complexity index is 462. The number of halogens is 1. The average molecular weight is 338 g/mol. The van der Waals surface area contributed by atoms with E-state index in [-0.39, 0.29) is 0 Å². The van der Waals surface area contributed by atoms with Gasteiger partial charge in [-0.25, -0.2) is 0 Å². The third kappa shape index (κ3) is 3.20. The molecule has 3 rings (SSSR count). The van der Waals surface area contributed by atoms with Crippen LogP contribution in [0.5, 0.6) is 5.75 Å². The van der Waals surface area contributed by atoms with Gasteiger partial charge in [-0.3, -0.25) is 0 Å². The van der Waals surface area contributed by atoms with E-state index in [9.17, 15) is 0 Å². The van der Waals surface area contributed by atoms with Crippen LogP contribution in [0.3, 0.4) is 0 Å². The number of nitrogens with one attached hydrogen (secondary N) is 1. The first kappa shape index (κ1) is 14.4. The third-order valence-corrected chi connectivity index (χ3v) is 5.42. The van der Waals surface area contributed by atoms with Gasteiger partial charge < -0.3 is 10.1 Å². The number of fused-ring (bicyclic) bond motifs is 2. The van der Waals surface area contributed by atoms with Gasteiger partial charge in [-0.2, -0.15) is 0 Å². The normalized spacial score (nSPS) is 28.0. The van der Waals surface area contributed by atoms with Gasteiger partial charge in [0.1, 0.15) is 5.75 Å². The second-order valence-electron chi connectivity index (χ2n) is 6.28. The minimum Gasteiger partial charge on any atom is -0.493 e. The number of hydrogen-bond donors (Lipinski definition) is 1. The zero-order valence-electron chi connectivity index (χ0n) is 12.2. The first-order valence-electron chi connectivity index (χ1n) is 7.88. The molecule has 3 atom stereocenters. The molecule has 0 aromatic heterocycles. The van der Waals surface area contributed by atoms with Crippen molar-refractivity contribution in [2.45, 2.75) is 39.2 Å². The van der Waals surface area contributed by atoms with Crippen LogP contribution in [0.4, 0.5) is 0 Å². The van der Waals surface area contributed by atoms with E-state index >= 15 is 0 Å². The van der Waals surface area contributed by atoms with Gasteiger partial charge in [-0.15, -0.1) is 0 Å². The highest BCUT2D eigenvalue weighted by atomic mass is 79.9. The summed E-state index contributed by atoms with van der Waals surface area (Å²) < 4.78 is 7.29. The van der Waals surface area contributed by atoms with Crippen molar-refractivity contribution in [2.75, 3.05) is 13.2 Å². The Labute approximate surface area is 130 Å². The minimum atomic E-state index is 0.796. The molecule has 110 valence electrons. The van der Waals surface area contributed by atoms with Crippen molar-refractivity contribution < 1.29 is 4.74 Å². The quantitative estimate of drug-likeness (QED) is 0.831. The van der Waals surface area contributed by atoms with Crippen LogP contribution >= 0.6 is 15.9 Å². The van der Waals surface area contributed by atoms with Gasteiger partial charge in [-0.05, 0) is 61.8 Å². The van der Waals surface area contributed by atoms with Crippen LogP contribution in [-0.2, 0) is 6.54 Å². The van der Waals surface area contributed by atoms with E-state index in [0.29, 0.717) is 0 Å². The maximum Gasteiger partial charge on any atom is 0.123 e. The largest absolute Gasteiger partial charge is 0.493 e. The Morgan fingerprint density at radius 1 is 1.30 bits per heavy atom. The Kier molecular flexibility index (Phi) is 4.67. The highest BCUT2D eigenvalue weighted by Gasteiger charge is 2.39. The summed E-state index contributed by atoms with van der Waals surface area (Å²) in [6.07, 6.45) is 5.75. The SMILES string of the molecule is CCNCc1cc(Br)ccc1OCC1CC2CCC1C2. The monoisotopic (exact) mass is 337 g/mol. The fourth-order valence-corrected chi connectivity index (χ4v) is 4.27. The molecule has 2 fully saturated rings. The van der Waals surface area contributed by atoms with E-state index in [1.54, 1.807) is 0 Å². The molecular formula is C17H24BrNO.